The highest BCUT2D eigenvalue weighted by Crippen LogP contribution is 2.09. The van der Waals surface area contributed by atoms with Gasteiger partial charge in [-0.1, -0.05) is 24.3 Å². The normalized spacial score (nSPS) is 11.1. The van der Waals surface area contributed by atoms with Crippen LogP contribution in [0.4, 0.5) is 5.69 Å². The molecule has 7 nitrogen and oxygen atoms in total. The Morgan fingerprint density at radius 2 is 1.80 bits per heavy atom. The number of hydrogen-bond donors (Lipinski definition) is 3. The maximum Gasteiger partial charge on any atom is 0.253 e. The van der Waals surface area contributed by atoms with Crippen LogP contribution in [-0.2, 0) is 17.7 Å². The van der Waals surface area contributed by atoms with Gasteiger partial charge in [0.05, 0.1) is 6.61 Å². The summed E-state index contributed by atoms with van der Waals surface area (Å²) in [5.74, 6) is 0.764. The number of rotatable bonds is 10. The molecule has 0 fully saturated rings. The highest BCUT2D eigenvalue weighted by atomic mass is 16.5. The smallest absolute Gasteiger partial charge is 0.253 e. The van der Waals surface area contributed by atoms with Crippen molar-refractivity contribution in [1.82, 2.24) is 15.5 Å². The Kier molecular flexibility index (Phi) is 9.67. The number of aliphatic imine (C=N–C) groups is 1. The van der Waals surface area contributed by atoms with Crippen molar-refractivity contribution in [3.8, 4) is 0 Å². The fraction of sp³-hybridized carbons (Fsp3) is 0.391. The fourth-order valence-electron chi connectivity index (χ4n) is 2.89. The lowest BCUT2D eigenvalue weighted by atomic mass is 10.1. The molecule has 0 aliphatic heterocycles. The molecule has 0 heterocycles. The largest absolute Gasteiger partial charge is 0.383 e. The molecule has 2 aromatic carbocycles. The lowest BCUT2D eigenvalue weighted by Gasteiger charge is -2.13. The van der Waals surface area contributed by atoms with Gasteiger partial charge in [-0.3, -0.25) is 9.79 Å². The summed E-state index contributed by atoms with van der Waals surface area (Å²) < 4.78 is 5.04. The maximum atomic E-state index is 12.1. The molecule has 2 aromatic rings. The average Bonchev–Trinajstić information content (AvgIpc) is 2.76. The third kappa shape index (κ3) is 7.75. The minimum atomic E-state index is 0.0159. The third-order valence-corrected chi connectivity index (χ3v) is 4.56. The molecule has 0 bridgehead atoms. The Bertz CT molecular complexity index is 819. The third-order valence-electron chi connectivity index (χ3n) is 4.56. The number of methoxy groups -OCH3 is 1. The van der Waals surface area contributed by atoms with Crippen molar-refractivity contribution in [3.63, 3.8) is 0 Å². The molecule has 0 saturated heterocycles. The molecule has 0 aromatic heterocycles. The van der Waals surface area contributed by atoms with E-state index in [0.29, 0.717) is 18.7 Å². The van der Waals surface area contributed by atoms with Crippen molar-refractivity contribution in [1.29, 1.82) is 0 Å². The van der Waals surface area contributed by atoms with Crippen LogP contribution in [0.2, 0.25) is 0 Å². The van der Waals surface area contributed by atoms with E-state index in [0.717, 1.165) is 36.7 Å². The van der Waals surface area contributed by atoms with Crippen LogP contribution in [0.1, 0.15) is 21.5 Å². The molecule has 1 amide bonds. The second-order valence-electron chi connectivity index (χ2n) is 7.12. The van der Waals surface area contributed by atoms with Crippen molar-refractivity contribution < 1.29 is 9.53 Å². The van der Waals surface area contributed by atoms with Crippen LogP contribution in [-0.4, -0.2) is 64.7 Å². The van der Waals surface area contributed by atoms with E-state index in [4.69, 9.17) is 4.74 Å². The van der Waals surface area contributed by atoms with Crippen molar-refractivity contribution >= 4 is 17.6 Å². The quantitative estimate of drug-likeness (QED) is 0.318. The van der Waals surface area contributed by atoms with Gasteiger partial charge in [0.1, 0.15) is 0 Å². The predicted molar refractivity (Wildman–Crippen MR) is 123 cm³/mol. The summed E-state index contributed by atoms with van der Waals surface area (Å²) in [5.41, 5.74) is 4.07. The molecular formula is C23H33N5O2. The van der Waals surface area contributed by atoms with Gasteiger partial charge in [0, 0.05) is 59.1 Å². The molecular weight excluding hydrogens is 378 g/mol. The van der Waals surface area contributed by atoms with Gasteiger partial charge in [0.2, 0.25) is 0 Å². The first kappa shape index (κ1) is 23.2. The van der Waals surface area contributed by atoms with Crippen LogP contribution in [0.25, 0.3) is 0 Å². The molecule has 0 spiro atoms. The van der Waals surface area contributed by atoms with Gasteiger partial charge in [-0.25, -0.2) is 0 Å². The lowest BCUT2D eigenvalue weighted by Crippen LogP contribution is -2.37. The summed E-state index contributed by atoms with van der Waals surface area (Å²) in [6, 6.07) is 16.0. The molecule has 0 saturated carbocycles. The van der Waals surface area contributed by atoms with Crippen LogP contribution in [0, 0.1) is 0 Å². The number of benzene rings is 2. The summed E-state index contributed by atoms with van der Waals surface area (Å²) in [6.07, 6.45) is 0.803. The highest BCUT2D eigenvalue weighted by Gasteiger charge is 2.08. The lowest BCUT2D eigenvalue weighted by molar-refractivity contribution is 0.0827. The first-order chi connectivity index (χ1) is 14.5. The molecule has 0 radical (unpaired) electrons. The number of hydrogen-bond acceptors (Lipinski definition) is 4. The Labute approximate surface area is 179 Å². The number of carbonyl (C=O) groups is 1. The molecule has 0 atom stereocenters. The summed E-state index contributed by atoms with van der Waals surface area (Å²) in [7, 11) is 6.98. The Hall–Kier alpha value is -3.06. The van der Waals surface area contributed by atoms with Crippen LogP contribution in [0.3, 0.4) is 0 Å². The minimum absolute atomic E-state index is 0.0159. The summed E-state index contributed by atoms with van der Waals surface area (Å²) in [4.78, 5) is 18.0. The summed E-state index contributed by atoms with van der Waals surface area (Å²) in [5, 5.41) is 9.95. The van der Waals surface area contributed by atoms with E-state index >= 15 is 0 Å². The molecule has 0 aliphatic rings. The van der Waals surface area contributed by atoms with Gasteiger partial charge in [-0.2, -0.15) is 0 Å². The van der Waals surface area contributed by atoms with Crippen LogP contribution < -0.4 is 16.0 Å². The van der Waals surface area contributed by atoms with E-state index < -0.39 is 0 Å². The SMILES string of the molecule is CN=C(NCCc1cccc(C(=O)N(C)C)c1)NCc1ccc(NCCOC)cc1. The number of nitrogens with one attached hydrogen (secondary N) is 3. The number of anilines is 1. The van der Waals surface area contributed by atoms with E-state index in [1.807, 2.05) is 24.3 Å². The van der Waals surface area contributed by atoms with Crippen molar-refractivity contribution in [2.24, 2.45) is 4.99 Å². The second kappa shape index (κ2) is 12.5. The molecule has 0 aliphatic carbocycles. The van der Waals surface area contributed by atoms with E-state index in [1.54, 1.807) is 33.2 Å². The standard InChI is InChI=1S/C23H33N5O2/c1-24-23(27-17-19-8-10-21(11-9-19)25-14-15-30-4)26-13-12-18-6-5-7-20(16-18)22(29)28(2)3/h5-11,16,25H,12-15,17H2,1-4H3,(H2,24,26,27). The topological polar surface area (TPSA) is 78.0 Å². The van der Waals surface area contributed by atoms with Gasteiger partial charge in [0.15, 0.2) is 5.96 Å². The van der Waals surface area contributed by atoms with Crippen LogP contribution in [0.5, 0.6) is 0 Å². The van der Waals surface area contributed by atoms with Gasteiger partial charge < -0.3 is 25.6 Å². The van der Waals surface area contributed by atoms with Crippen molar-refractivity contribution in [2.75, 3.05) is 53.3 Å². The zero-order valence-corrected chi connectivity index (χ0v) is 18.4. The van der Waals surface area contributed by atoms with Crippen molar-refractivity contribution in [2.45, 2.75) is 13.0 Å². The monoisotopic (exact) mass is 411 g/mol. The summed E-state index contributed by atoms with van der Waals surface area (Å²) >= 11 is 0. The van der Waals surface area contributed by atoms with E-state index in [-0.39, 0.29) is 5.91 Å². The van der Waals surface area contributed by atoms with E-state index in [1.165, 1.54) is 5.56 Å². The van der Waals surface area contributed by atoms with Crippen LogP contribution in [0.15, 0.2) is 53.5 Å². The summed E-state index contributed by atoms with van der Waals surface area (Å²) in [6.45, 7) is 2.88. The zero-order valence-electron chi connectivity index (χ0n) is 18.4. The highest BCUT2D eigenvalue weighted by molar-refractivity contribution is 5.94. The number of carbonyl (C=O) groups excluding carboxylic acids is 1. The second-order valence-corrected chi connectivity index (χ2v) is 7.12. The number of ether oxygens (including phenoxy) is 1. The molecule has 7 heteroatoms. The molecule has 0 unspecified atom stereocenters. The number of nitrogens with zero attached hydrogens (tertiary/aromatic N) is 2. The Balaban J connectivity index is 1.77. The molecule has 30 heavy (non-hydrogen) atoms. The molecule has 162 valence electrons. The first-order valence-corrected chi connectivity index (χ1v) is 10.1. The first-order valence-electron chi connectivity index (χ1n) is 10.1. The van der Waals surface area contributed by atoms with Crippen LogP contribution >= 0.6 is 0 Å². The number of guanidine groups is 1. The average molecular weight is 412 g/mol. The fourth-order valence-corrected chi connectivity index (χ4v) is 2.89. The zero-order chi connectivity index (χ0) is 21.8. The minimum Gasteiger partial charge on any atom is -0.383 e. The van der Waals surface area contributed by atoms with E-state index in [2.05, 4.69) is 45.2 Å². The van der Waals surface area contributed by atoms with Gasteiger partial charge in [-0.15, -0.1) is 0 Å². The Morgan fingerprint density at radius 3 is 2.47 bits per heavy atom. The van der Waals surface area contributed by atoms with Gasteiger partial charge in [-0.05, 0) is 41.8 Å². The molecule has 3 N–H and O–H groups in total. The van der Waals surface area contributed by atoms with E-state index in [9.17, 15) is 4.79 Å². The molecule has 2 rings (SSSR count). The predicted octanol–water partition coefficient (Wildman–Crippen LogP) is 2.35. The Morgan fingerprint density at radius 1 is 1.03 bits per heavy atom. The van der Waals surface area contributed by atoms with Crippen molar-refractivity contribution in [3.05, 3.63) is 65.2 Å². The van der Waals surface area contributed by atoms with Gasteiger partial charge >= 0.3 is 0 Å². The number of amides is 1. The maximum absolute atomic E-state index is 12.1. The van der Waals surface area contributed by atoms with Gasteiger partial charge in [0.25, 0.3) is 5.91 Å².